The number of aromatic nitrogens is 1. The maximum absolute atomic E-state index is 12.2. The van der Waals surface area contributed by atoms with Gasteiger partial charge in [0.2, 0.25) is 11.8 Å². The predicted octanol–water partition coefficient (Wildman–Crippen LogP) is 7.67. The Bertz CT molecular complexity index is 899. The monoisotopic (exact) mass is 583 g/mol. The van der Waals surface area contributed by atoms with E-state index in [1.165, 1.54) is 13.8 Å². The van der Waals surface area contributed by atoms with Crippen LogP contribution in [0, 0.1) is 13.8 Å². The van der Waals surface area contributed by atoms with E-state index in [1.807, 2.05) is 39.8 Å². The minimum absolute atomic E-state index is 0. The number of carbonyl (C=O) groups excluding carboxylic acids is 1. The van der Waals surface area contributed by atoms with Crippen LogP contribution in [0.1, 0.15) is 89.5 Å². The molecule has 0 bridgehead atoms. The predicted molar refractivity (Wildman–Crippen MR) is 143 cm³/mol. The Morgan fingerprint density at radius 2 is 1.67 bits per heavy atom. The van der Waals surface area contributed by atoms with E-state index in [9.17, 15) is 18.7 Å². The minimum atomic E-state index is -2.41. The molecule has 0 unspecified atom stereocenters. The second-order valence-electron chi connectivity index (χ2n) is 7.61. The van der Waals surface area contributed by atoms with Crippen LogP contribution in [0.5, 0.6) is 5.75 Å². The molecule has 8 heteroatoms. The summed E-state index contributed by atoms with van der Waals surface area (Å²) >= 11 is 0. The zero-order chi connectivity index (χ0) is 27.6. The Morgan fingerprint density at radius 1 is 1.08 bits per heavy atom. The number of aromatic hydroxyl groups is 1. The van der Waals surface area contributed by atoms with E-state index in [4.69, 9.17) is 5.11 Å². The molecule has 5 nitrogen and oxygen atoms in total. The largest absolute Gasteiger partial charge is 0.508 e. The molecule has 1 heterocycles. The van der Waals surface area contributed by atoms with Gasteiger partial charge in [0, 0.05) is 65.8 Å². The molecule has 0 saturated carbocycles. The average molecular weight is 584 g/mol. The quantitative estimate of drug-likeness (QED) is 0.313. The number of amides is 1. The van der Waals surface area contributed by atoms with Gasteiger partial charge in [-0.3, -0.25) is 4.79 Å². The van der Waals surface area contributed by atoms with E-state index >= 15 is 0 Å². The van der Waals surface area contributed by atoms with Crippen LogP contribution in [0.15, 0.2) is 36.5 Å². The topological polar surface area (TPSA) is 82.5 Å². The van der Waals surface area contributed by atoms with Crippen LogP contribution >= 0.6 is 0 Å². The van der Waals surface area contributed by atoms with Gasteiger partial charge >= 0.3 is 0 Å². The molecule has 1 amide bonds. The number of halogens is 2. The first-order valence-electron chi connectivity index (χ1n) is 12.1. The van der Waals surface area contributed by atoms with Crippen molar-refractivity contribution in [2.75, 3.05) is 12.4 Å². The van der Waals surface area contributed by atoms with E-state index in [0.717, 1.165) is 41.4 Å². The Hall–Kier alpha value is -1.70. The van der Waals surface area contributed by atoms with E-state index in [0.29, 0.717) is 12.2 Å². The van der Waals surface area contributed by atoms with Gasteiger partial charge in [-0.05, 0) is 66.3 Å². The Balaban J connectivity index is -0.000000711. The first kappa shape index (κ1) is 38.8. The number of anilines is 1. The molecule has 0 aliphatic rings. The fourth-order valence-corrected chi connectivity index (χ4v) is 3.11. The zero-order valence-corrected chi connectivity index (χ0v) is 26.2. The van der Waals surface area contributed by atoms with Crippen LogP contribution in [-0.4, -0.2) is 34.1 Å². The van der Waals surface area contributed by atoms with Crippen LogP contribution < -0.4 is 5.32 Å². The summed E-state index contributed by atoms with van der Waals surface area (Å²) in [7, 11) is 1.00. The van der Waals surface area contributed by atoms with Crippen LogP contribution in [-0.2, 0) is 37.5 Å². The maximum Gasteiger partial charge on any atom is 0.247 e. The van der Waals surface area contributed by atoms with Crippen molar-refractivity contribution in [3.8, 4) is 5.75 Å². The summed E-state index contributed by atoms with van der Waals surface area (Å²) in [5, 5.41) is 19.6. The molecule has 0 saturated heterocycles. The van der Waals surface area contributed by atoms with Crippen molar-refractivity contribution in [1.29, 1.82) is 0 Å². The summed E-state index contributed by atoms with van der Waals surface area (Å²) in [6.07, 6.45) is 5.31. The molecule has 0 fully saturated rings. The molecule has 1 aromatic heterocycles. The average Bonchev–Trinajstić information content (AvgIpc) is 2.81. The van der Waals surface area contributed by atoms with Gasteiger partial charge in [0.25, 0.3) is 0 Å². The molecule has 1 radical (unpaired) electrons. The molecule has 2 rings (SSSR count). The van der Waals surface area contributed by atoms with Crippen LogP contribution in [0.25, 0.3) is 5.57 Å². The summed E-state index contributed by atoms with van der Waals surface area (Å²) in [5.41, 5.74) is 4.98. The molecule has 2 aromatic rings. The number of hydrogen-bond donors (Lipinski definition) is 3. The number of phenolic OH excluding ortho intramolecular Hbond substituents is 1. The molecule has 3 N–H and O–H groups in total. The number of nitrogens with one attached hydrogen (secondary N) is 1. The summed E-state index contributed by atoms with van der Waals surface area (Å²) in [5.74, 6) is -1.79. The Labute approximate surface area is 241 Å². The molecular formula is C28H44F2N2O3Y. The molecule has 0 aliphatic heterocycles. The molecular weight excluding hydrogens is 539 g/mol. The number of rotatable bonds is 7. The second-order valence-corrected chi connectivity index (χ2v) is 7.61. The van der Waals surface area contributed by atoms with Gasteiger partial charge in [-0.2, -0.15) is 0 Å². The van der Waals surface area contributed by atoms with Crippen LogP contribution in [0.4, 0.5) is 14.6 Å². The summed E-state index contributed by atoms with van der Waals surface area (Å²) in [6, 6.07) is 7.40. The Morgan fingerprint density at radius 3 is 2.08 bits per heavy atom. The fraction of sp³-hybridized carbons (Fsp3) is 0.500. The number of aliphatic hydroxyl groups is 1. The van der Waals surface area contributed by atoms with Gasteiger partial charge in [-0.1, -0.05) is 53.2 Å². The number of allylic oxidation sites excluding steroid dienone is 1. The molecule has 0 atom stereocenters. The van der Waals surface area contributed by atoms with Crippen LogP contribution in [0.2, 0.25) is 0 Å². The minimum Gasteiger partial charge on any atom is -0.508 e. The smallest absolute Gasteiger partial charge is 0.247 e. The van der Waals surface area contributed by atoms with Gasteiger partial charge in [-0.25, -0.2) is 13.8 Å². The third-order valence-corrected chi connectivity index (χ3v) is 4.61. The maximum atomic E-state index is 12.2. The fourth-order valence-electron chi connectivity index (χ4n) is 3.11. The van der Waals surface area contributed by atoms with E-state index < -0.39 is 5.92 Å². The van der Waals surface area contributed by atoms with Crippen molar-refractivity contribution in [2.24, 2.45) is 0 Å². The van der Waals surface area contributed by atoms with E-state index in [1.54, 1.807) is 25.3 Å². The zero-order valence-electron chi connectivity index (χ0n) is 23.4. The number of phenols is 1. The van der Waals surface area contributed by atoms with Gasteiger partial charge < -0.3 is 15.5 Å². The first-order valence-corrected chi connectivity index (χ1v) is 12.1. The van der Waals surface area contributed by atoms with Gasteiger partial charge in [0.1, 0.15) is 11.6 Å². The van der Waals surface area contributed by atoms with Crippen molar-refractivity contribution in [3.63, 3.8) is 0 Å². The number of aliphatic hydroxyl groups excluding tert-OH is 1. The van der Waals surface area contributed by atoms with Crippen molar-refractivity contribution in [1.82, 2.24) is 4.98 Å². The van der Waals surface area contributed by atoms with Gasteiger partial charge in [0.05, 0.1) is 0 Å². The normalized spacial score (nSPS) is 10.3. The third kappa shape index (κ3) is 15.4. The summed E-state index contributed by atoms with van der Waals surface area (Å²) in [4.78, 5) is 15.5. The van der Waals surface area contributed by atoms with Crippen LogP contribution in [0.3, 0.4) is 0 Å². The standard InChI is InChI=1S/C19H22N2O2.C6H12F2.C2H6.CH4O.Y/c1-5-6-17(15-7-12(2)8-16(23)9-15)18-10-19(21-14(4)22)20-11-13(18)3;1-3-5-6(7,8)4-2;2*1-2;/h6-11,23H,5H2,1-4H3,(H,20,21,22);3-5H2,1-2H3;1-2H3;2H,1H3;/b17-6-;;;;. The number of carbonyl (C=O) groups is 1. The number of hydrogen-bond acceptors (Lipinski definition) is 4. The van der Waals surface area contributed by atoms with Gasteiger partial charge in [0.15, 0.2) is 0 Å². The van der Waals surface area contributed by atoms with Crippen molar-refractivity contribution in [3.05, 3.63) is 58.8 Å². The van der Waals surface area contributed by atoms with Crippen molar-refractivity contribution in [2.45, 2.75) is 87.0 Å². The van der Waals surface area contributed by atoms with E-state index in [-0.39, 0.29) is 57.2 Å². The second kappa shape index (κ2) is 21.4. The Kier molecular flexibility index (Phi) is 23.1. The number of aryl methyl sites for hydroxylation is 2. The van der Waals surface area contributed by atoms with Gasteiger partial charge in [-0.15, -0.1) is 0 Å². The molecule has 1 aromatic carbocycles. The third-order valence-electron chi connectivity index (χ3n) is 4.61. The molecule has 0 spiro atoms. The molecule has 0 aliphatic carbocycles. The van der Waals surface area contributed by atoms with Crippen molar-refractivity contribution >= 4 is 17.3 Å². The summed E-state index contributed by atoms with van der Waals surface area (Å²) < 4.78 is 24.3. The number of nitrogens with zero attached hydrogens (tertiary/aromatic N) is 1. The first-order chi connectivity index (χ1) is 16.5. The molecule has 201 valence electrons. The SMILES string of the molecule is CC.CC/C=C(/c1cc(C)cc(O)c1)c1cc(NC(C)=O)ncc1C.CCCC(F)(F)CC.CO.[Y]. The number of benzene rings is 1. The number of alkyl halides is 2. The summed E-state index contributed by atoms with van der Waals surface area (Å²) in [6.45, 7) is 14.7. The van der Waals surface area contributed by atoms with Crippen molar-refractivity contribution < 1.29 is 56.5 Å². The van der Waals surface area contributed by atoms with E-state index in [2.05, 4.69) is 23.3 Å². The molecule has 36 heavy (non-hydrogen) atoms. The number of pyridine rings is 1.